The van der Waals surface area contributed by atoms with Gasteiger partial charge in [-0.3, -0.25) is 0 Å². The standard InChI is InChI=1S/C16H25NO3/c1-16(2)7-6-10-11(12(17)9-16)8-13(18-3)15(20-5)14(10)19-4/h8,12H,6-7,9,17H2,1-5H3. The number of ether oxygens (including phenoxy) is 3. The Balaban J connectivity index is 2.62. The van der Waals surface area contributed by atoms with Crippen LogP contribution in [0.1, 0.15) is 43.9 Å². The number of rotatable bonds is 3. The summed E-state index contributed by atoms with van der Waals surface area (Å²) in [6, 6.07) is 2.00. The summed E-state index contributed by atoms with van der Waals surface area (Å²) in [6.07, 6.45) is 2.98. The Morgan fingerprint density at radius 1 is 1.10 bits per heavy atom. The minimum absolute atomic E-state index is 0.00351. The molecule has 1 aromatic carbocycles. The first-order chi connectivity index (χ1) is 9.43. The molecule has 0 saturated carbocycles. The Bertz CT molecular complexity index is 497. The molecule has 0 heterocycles. The van der Waals surface area contributed by atoms with Crippen LogP contribution in [0.2, 0.25) is 0 Å². The number of hydrogen-bond donors (Lipinski definition) is 1. The third-order valence-corrected chi connectivity index (χ3v) is 4.19. The summed E-state index contributed by atoms with van der Waals surface area (Å²) in [5.74, 6) is 2.09. The molecule has 0 fully saturated rings. The maximum absolute atomic E-state index is 6.41. The van der Waals surface area contributed by atoms with Crippen molar-refractivity contribution in [3.8, 4) is 17.2 Å². The van der Waals surface area contributed by atoms with E-state index in [0.717, 1.165) is 36.1 Å². The molecule has 0 amide bonds. The van der Waals surface area contributed by atoms with Crippen molar-refractivity contribution in [2.45, 2.75) is 39.2 Å². The molecule has 4 heteroatoms. The highest BCUT2D eigenvalue weighted by Crippen LogP contribution is 2.48. The van der Waals surface area contributed by atoms with Gasteiger partial charge in [0, 0.05) is 11.6 Å². The lowest BCUT2D eigenvalue weighted by Crippen LogP contribution is -2.19. The number of hydrogen-bond acceptors (Lipinski definition) is 4. The van der Waals surface area contributed by atoms with Crippen LogP contribution in [-0.2, 0) is 6.42 Å². The second-order valence-corrected chi connectivity index (χ2v) is 6.19. The molecule has 1 aliphatic carbocycles. The zero-order valence-corrected chi connectivity index (χ0v) is 13.1. The summed E-state index contributed by atoms with van der Waals surface area (Å²) in [5, 5.41) is 0. The molecule has 0 spiro atoms. The molecule has 1 atom stereocenters. The molecule has 0 bridgehead atoms. The van der Waals surface area contributed by atoms with Crippen LogP contribution in [0.25, 0.3) is 0 Å². The Morgan fingerprint density at radius 2 is 1.75 bits per heavy atom. The molecule has 112 valence electrons. The van der Waals surface area contributed by atoms with Crippen LogP contribution >= 0.6 is 0 Å². The fourth-order valence-corrected chi connectivity index (χ4v) is 3.09. The highest BCUT2D eigenvalue weighted by molar-refractivity contribution is 5.60. The fourth-order valence-electron chi connectivity index (χ4n) is 3.09. The van der Waals surface area contributed by atoms with Crippen LogP contribution < -0.4 is 19.9 Å². The number of fused-ring (bicyclic) bond motifs is 1. The topological polar surface area (TPSA) is 53.7 Å². The van der Waals surface area contributed by atoms with Gasteiger partial charge in [0.15, 0.2) is 11.5 Å². The summed E-state index contributed by atoms with van der Waals surface area (Å²) in [7, 11) is 4.93. The van der Waals surface area contributed by atoms with E-state index in [1.165, 1.54) is 0 Å². The van der Waals surface area contributed by atoms with Crippen molar-refractivity contribution in [3.63, 3.8) is 0 Å². The minimum Gasteiger partial charge on any atom is -0.493 e. The fraction of sp³-hybridized carbons (Fsp3) is 0.625. The predicted octanol–water partition coefficient (Wildman–Crippen LogP) is 3.07. The van der Waals surface area contributed by atoms with Crippen molar-refractivity contribution in [1.82, 2.24) is 0 Å². The molecular weight excluding hydrogens is 254 g/mol. The lowest BCUT2D eigenvalue weighted by molar-refractivity contribution is 0.293. The van der Waals surface area contributed by atoms with Gasteiger partial charge in [-0.2, -0.15) is 0 Å². The summed E-state index contributed by atoms with van der Waals surface area (Å²) >= 11 is 0. The first-order valence-electron chi connectivity index (χ1n) is 7.01. The first kappa shape index (κ1) is 15.0. The van der Waals surface area contributed by atoms with E-state index in [9.17, 15) is 0 Å². The molecule has 0 aliphatic heterocycles. The van der Waals surface area contributed by atoms with E-state index in [1.54, 1.807) is 21.3 Å². The van der Waals surface area contributed by atoms with Gasteiger partial charge in [-0.1, -0.05) is 13.8 Å². The maximum atomic E-state index is 6.41. The number of nitrogens with two attached hydrogens (primary N) is 1. The SMILES string of the molecule is COc1cc2c(c(OC)c1OC)CCC(C)(C)CC2N. The van der Waals surface area contributed by atoms with Crippen LogP contribution in [0, 0.1) is 5.41 Å². The maximum Gasteiger partial charge on any atom is 0.203 e. The van der Waals surface area contributed by atoms with Crippen LogP contribution in [-0.4, -0.2) is 21.3 Å². The second kappa shape index (κ2) is 5.52. The van der Waals surface area contributed by atoms with Crippen molar-refractivity contribution in [3.05, 3.63) is 17.2 Å². The Labute approximate surface area is 121 Å². The molecule has 0 aromatic heterocycles. The molecule has 4 nitrogen and oxygen atoms in total. The molecule has 0 saturated heterocycles. The zero-order valence-electron chi connectivity index (χ0n) is 13.1. The lowest BCUT2D eigenvalue weighted by atomic mass is 9.83. The van der Waals surface area contributed by atoms with Crippen molar-refractivity contribution in [1.29, 1.82) is 0 Å². The van der Waals surface area contributed by atoms with Gasteiger partial charge in [-0.15, -0.1) is 0 Å². The molecule has 0 radical (unpaired) electrons. The highest BCUT2D eigenvalue weighted by Gasteiger charge is 2.31. The van der Waals surface area contributed by atoms with Crippen LogP contribution in [0.3, 0.4) is 0 Å². The average molecular weight is 279 g/mol. The molecule has 1 unspecified atom stereocenters. The summed E-state index contributed by atoms with van der Waals surface area (Å²) in [6.45, 7) is 4.53. The molecule has 1 aliphatic rings. The number of benzene rings is 1. The molecule has 20 heavy (non-hydrogen) atoms. The van der Waals surface area contributed by atoms with E-state index < -0.39 is 0 Å². The summed E-state index contributed by atoms with van der Waals surface area (Å²) in [5.41, 5.74) is 8.91. The van der Waals surface area contributed by atoms with Gasteiger partial charge in [0.05, 0.1) is 21.3 Å². The largest absolute Gasteiger partial charge is 0.493 e. The summed E-state index contributed by atoms with van der Waals surface area (Å²) in [4.78, 5) is 0. The zero-order chi connectivity index (χ0) is 14.9. The third kappa shape index (κ3) is 2.57. The lowest BCUT2D eigenvalue weighted by Gasteiger charge is -2.24. The molecule has 2 N–H and O–H groups in total. The van der Waals surface area contributed by atoms with Gasteiger partial charge in [0.1, 0.15) is 0 Å². The first-order valence-corrected chi connectivity index (χ1v) is 7.01. The van der Waals surface area contributed by atoms with Gasteiger partial charge >= 0.3 is 0 Å². The van der Waals surface area contributed by atoms with Crippen molar-refractivity contribution in [2.75, 3.05) is 21.3 Å². The molecular formula is C16H25NO3. The molecule has 2 rings (SSSR count). The van der Waals surface area contributed by atoms with E-state index in [1.807, 2.05) is 6.07 Å². The van der Waals surface area contributed by atoms with Gasteiger partial charge < -0.3 is 19.9 Å². The predicted molar refractivity (Wildman–Crippen MR) is 79.7 cm³/mol. The van der Waals surface area contributed by atoms with E-state index >= 15 is 0 Å². The Hall–Kier alpha value is -1.42. The van der Waals surface area contributed by atoms with Gasteiger partial charge in [0.25, 0.3) is 0 Å². The van der Waals surface area contributed by atoms with Gasteiger partial charge in [-0.05, 0) is 36.3 Å². The second-order valence-electron chi connectivity index (χ2n) is 6.19. The van der Waals surface area contributed by atoms with E-state index in [0.29, 0.717) is 11.5 Å². The van der Waals surface area contributed by atoms with Crippen LogP contribution in [0.5, 0.6) is 17.2 Å². The van der Waals surface area contributed by atoms with Gasteiger partial charge in [0.2, 0.25) is 5.75 Å². The van der Waals surface area contributed by atoms with Crippen molar-refractivity contribution < 1.29 is 14.2 Å². The van der Waals surface area contributed by atoms with E-state index in [-0.39, 0.29) is 11.5 Å². The van der Waals surface area contributed by atoms with E-state index in [4.69, 9.17) is 19.9 Å². The average Bonchev–Trinajstić information content (AvgIpc) is 2.52. The van der Waals surface area contributed by atoms with Gasteiger partial charge in [-0.25, -0.2) is 0 Å². The normalized spacial score (nSPS) is 20.8. The van der Waals surface area contributed by atoms with Crippen molar-refractivity contribution in [2.24, 2.45) is 11.1 Å². The van der Waals surface area contributed by atoms with Crippen molar-refractivity contribution >= 4 is 0 Å². The van der Waals surface area contributed by atoms with Crippen LogP contribution in [0.15, 0.2) is 6.07 Å². The third-order valence-electron chi connectivity index (χ3n) is 4.19. The Kier molecular flexibility index (Phi) is 4.14. The Morgan fingerprint density at radius 3 is 2.30 bits per heavy atom. The van der Waals surface area contributed by atoms with Crippen LogP contribution in [0.4, 0.5) is 0 Å². The highest BCUT2D eigenvalue weighted by atomic mass is 16.5. The molecule has 1 aromatic rings. The minimum atomic E-state index is -0.00351. The quantitative estimate of drug-likeness (QED) is 0.864. The smallest absolute Gasteiger partial charge is 0.203 e. The summed E-state index contributed by atoms with van der Waals surface area (Å²) < 4.78 is 16.5. The number of methoxy groups -OCH3 is 3. The van der Waals surface area contributed by atoms with E-state index in [2.05, 4.69) is 13.8 Å². The monoisotopic (exact) mass is 279 g/mol.